The van der Waals surface area contributed by atoms with Gasteiger partial charge in [0.25, 0.3) is 0 Å². The summed E-state index contributed by atoms with van der Waals surface area (Å²) >= 11 is 0. The van der Waals surface area contributed by atoms with Crippen LogP contribution in [0.1, 0.15) is 149 Å². The van der Waals surface area contributed by atoms with E-state index in [9.17, 15) is 30.0 Å². The van der Waals surface area contributed by atoms with Crippen molar-refractivity contribution < 1.29 is 49.0 Å². The van der Waals surface area contributed by atoms with Crippen molar-refractivity contribution >= 4 is 11.9 Å². The highest BCUT2D eigenvalue weighted by atomic mass is 16.7. The van der Waals surface area contributed by atoms with E-state index in [1.165, 1.54) is 32.1 Å². The van der Waals surface area contributed by atoms with Crippen LogP contribution in [-0.2, 0) is 28.5 Å². The van der Waals surface area contributed by atoms with Gasteiger partial charge in [-0.2, -0.15) is 0 Å². The first-order valence-corrected chi connectivity index (χ1v) is 18.9. The monoisotopic (exact) mass is 684 g/mol. The lowest BCUT2D eigenvalue weighted by atomic mass is 9.99. The van der Waals surface area contributed by atoms with E-state index in [2.05, 4.69) is 38.2 Å². The lowest BCUT2D eigenvalue weighted by Gasteiger charge is -2.39. The summed E-state index contributed by atoms with van der Waals surface area (Å²) in [5.41, 5.74) is 0. The molecule has 10 heteroatoms. The third-order valence-electron chi connectivity index (χ3n) is 8.54. The smallest absolute Gasteiger partial charge is 0.306 e. The SMILES string of the molecule is CCC/C=C\CCCCCCCC(=O)OCC(COC1OC(CO)C(O)C(O)C1O)OC(=O)CCCCCCC/C=C\CCCCCC. The van der Waals surface area contributed by atoms with Gasteiger partial charge in [-0.3, -0.25) is 9.59 Å². The Morgan fingerprint density at radius 3 is 1.71 bits per heavy atom. The fraction of sp³-hybridized carbons (Fsp3) is 0.842. The second-order valence-corrected chi connectivity index (χ2v) is 13.0. The van der Waals surface area contributed by atoms with Crippen LogP contribution in [0.15, 0.2) is 24.3 Å². The van der Waals surface area contributed by atoms with Crippen LogP contribution in [0.2, 0.25) is 0 Å². The van der Waals surface area contributed by atoms with Crippen LogP contribution in [0.25, 0.3) is 0 Å². The Balaban J connectivity index is 2.42. The van der Waals surface area contributed by atoms with Crippen molar-refractivity contribution in [3.05, 3.63) is 24.3 Å². The number of unbranched alkanes of at least 4 members (excludes halogenated alkanes) is 15. The van der Waals surface area contributed by atoms with E-state index in [0.717, 1.165) is 77.0 Å². The van der Waals surface area contributed by atoms with E-state index in [4.69, 9.17) is 18.9 Å². The fourth-order valence-corrected chi connectivity index (χ4v) is 5.48. The largest absolute Gasteiger partial charge is 0.462 e. The lowest BCUT2D eigenvalue weighted by molar-refractivity contribution is -0.305. The molecule has 0 aliphatic carbocycles. The molecule has 6 unspecified atom stereocenters. The molecule has 0 aromatic carbocycles. The predicted molar refractivity (Wildman–Crippen MR) is 187 cm³/mol. The van der Waals surface area contributed by atoms with Crippen molar-refractivity contribution in [2.24, 2.45) is 0 Å². The first-order chi connectivity index (χ1) is 23.3. The van der Waals surface area contributed by atoms with Gasteiger partial charge >= 0.3 is 11.9 Å². The molecule has 280 valence electrons. The summed E-state index contributed by atoms with van der Waals surface area (Å²) in [6.07, 6.45) is 22.0. The van der Waals surface area contributed by atoms with Gasteiger partial charge in [0.2, 0.25) is 0 Å². The van der Waals surface area contributed by atoms with E-state index >= 15 is 0 Å². The van der Waals surface area contributed by atoms with E-state index in [0.29, 0.717) is 12.8 Å². The van der Waals surface area contributed by atoms with Crippen LogP contribution in [0, 0.1) is 0 Å². The van der Waals surface area contributed by atoms with Crippen LogP contribution in [0.4, 0.5) is 0 Å². The van der Waals surface area contributed by atoms with Crippen LogP contribution in [0.5, 0.6) is 0 Å². The third-order valence-corrected chi connectivity index (χ3v) is 8.54. The molecule has 1 saturated heterocycles. The average Bonchev–Trinajstić information content (AvgIpc) is 3.08. The number of carbonyl (C=O) groups excluding carboxylic acids is 2. The number of aliphatic hydroxyl groups is 4. The van der Waals surface area contributed by atoms with E-state index < -0.39 is 55.4 Å². The normalized spacial score (nSPS) is 22.0. The van der Waals surface area contributed by atoms with Gasteiger partial charge in [-0.25, -0.2) is 0 Å². The van der Waals surface area contributed by atoms with Crippen LogP contribution in [0.3, 0.4) is 0 Å². The Hall–Kier alpha value is -1.82. The minimum atomic E-state index is -1.59. The van der Waals surface area contributed by atoms with Gasteiger partial charge in [0, 0.05) is 12.8 Å². The Bertz CT molecular complexity index is 845. The number of aliphatic hydroxyl groups excluding tert-OH is 4. The highest BCUT2D eigenvalue weighted by Gasteiger charge is 2.44. The van der Waals surface area contributed by atoms with Crippen molar-refractivity contribution in [1.82, 2.24) is 0 Å². The number of hydrogen-bond donors (Lipinski definition) is 4. The highest BCUT2D eigenvalue weighted by Crippen LogP contribution is 2.22. The molecular formula is C38H68O10. The van der Waals surface area contributed by atoms with Gasteiger partial charge in [0.05, 0.1) is 13.2 Å². The number of carbonyl (C=O) groups is 2. The van der Waals surface area contributed by atoms with Crippen molar-refractivity contribution in [3.63, 3.8) is 0 Å². The van der Waals surface area contributed by atoms with Crippen LogP contribution in [-0.4, -0.2) is 89.0 Å². The Labute approximate surface area is 290 Å². The molecule has 0 spiro atoms. The first kappa shape index (κ1) is 44.2. The molecule has 1 fully saturated rings. The predicted octanol–water partition coefficient (Wildman–Crippen LogP) is 6.60. The van der Waals surface area contributed by atoms with Crippen molar-refractivity contribution in [1.29, 1.82) is 0 Å². The minimum absolute atomic E-state index is 0.219. The van der Waals surface area contributed by atoms with E-state index in [1.807, 2.05) is 0 Å². The summed E-state index contributed by atoms with van der Waals surface area (Å²) in [5.74, 6) is -0.832. The second kappa shape index (κ2) is 30.0. The zero-order valence-corrected chi connectivity index (χ0v) is 30.0. The van der Waals surface area contributed by atoms with Gasteiger partial charge in [-0.1, -0.05) is 102 Å². The molecule has 1 rings (SSSR count). The molecule has 0 bridgehead atoms. The van der Waals surface area contributed by atoms with Crippen molar-refractivity contribution in [2.75, 3.05) is 19.8 Å². The molecule has 0 radical (unpaired) electrons. The van der Waals surface area contributed by atoms with Gasteiger partial charge in [0.15, 0.2) is 12.4 Å². The molecule has 4 N–H and O–H groups in total. The molecule has 0 saturated carbocycles. The molecule has 1 aliphatic heterocycles. The van der Waals surface area contributed by atoms with Gasteiger partial charge < -0.3 is 39.4 Å². The molecule has 0 aromatic heterocycles. The Morgan fingerprint density at radius 1 is 0.625 bits per heavy atom. The first-order valence-electron chi connectivity index (χ1n) is 18.9. The summed E-state index contributed by atoms with van der Waals surface area (Å²) in [7, 11) is 0. The molecule has 1 heterocycles. The summed E-state index contributed by atoms with van der Waals surface area (Å²) in [6.45, 7) is 3.30. The van der Waals surface area contributed by atoms with Crippen LogP contribution < -0.4 is 0 Å². The second-order valence-electron chi connectivity index (χ2n) is 13.0. The molecule has 1 aliphatic rings. The molecule has 6 atom stereocenters. The van der Waals surface area contributed by atoms with Gasteiger partial charge in [0.1, 0.15) is 31.0 Å². The summed E-state index contributed by atoms with van der Waals surface area (Å²) < 4.78 is 22.0. The Morgan fingerprint density at radius 2 is 1.15 bits per heavy atom. The minimum Gasteiger partial charge on any atom is -0.462 e. The molecule has 0 aromatic rings. The third kappa shape index (κ3) is 22.0. The standard InChI is InChI=1S/C38H68O10/c1-3-5-7-9-11-13-15-16-17-19-21-23-25-27-34(41)47-31(30-46-38-37(44)36(43)35(42)32(28-39)48-38)29-45-33(40)26-24-22-20-18-14-12-10-8-6-4-2/h8,10,13,15,31-32,35-39,42-44H,3-7,9,11-12,14,16-30H2,1-2H3/b10-8-,15-13-. The number of hydrogen-bond acceptors (Lipinski definition) is 10. The zero-order valence-electron chi connectivity index (χ0n) is 30.0. The van der Waals surface area contributed by atoms with Crippen molar-refractivity contribution in [2.45, 2.75) is 185 Å². The quantitative estimate of drug-likeness (QED) is 0.0370. The average molecular weight is 685 g/mol. The number of esters is 2. The number of ether oxygens (including phenoxy) is 4. The molecule has 48 heavy (non-hydrogen) atoms. The van der Waals surface area contributed by atoms with E-state index in [-0.39, 0.29) is 26.1 Å². The van der Waals surface area contributed by atoms with Crippen molar-refractivity contribution in [3.8, 4) is 0 Å². The Kier molecular flexibility index (Phi) is 27.7. The maximum atomic E-state index is 12.7. The number of rotatable bonds is 30. The fourth-order valence-electron chi connectivity index (χ4n) is 5.48. The molecule has 0 amide bonds. The molecular weight excluding hydrogens is 616 g/mol. The van der Waals surface area contributed by atoms with E-state index in [1.54, 1.807) is 0 Å². The van der Waals surface area contributed by atoms with Gasteiger partial charge in [-0.05, 0) is 57.8 Å². The number of allylic oxidation sites excluding steroid dienone is 4. The van der Waals surface area contributed by atoms with Crippen LogP contribution >= 0.6 is 0 Å². The zero-order chi connectivity index (χ0) is 35.2. The molecule has 10 nitrogen and oxygen atoms in total. The summed E-state index contributed by atoms with van der Waals surface area (Å²) in [6, 6.07) is 0. The summed E-state index contributed by atoms with van der Waals surface area (Å²) in [4.78, 5) is 25.1. The lowest BCUT2D eigenvalue weighted by Crippen LogP contribution is -2.59. The highest BCUT2D eigenvalue weighted by molar-refractivity contribution is 5.70. The topological polar surface area (TPSA) is 152 Å². The summed E-state index contributed by atoms with van der Waals surface area (Å²) in [5, 5.41) is 39.8. The van der Waals surface area contributed by atoms with Gasteiger partial charge in [-0.15, -0.1) is 0 Å². The maximum Gasteiger partial charge on any atom is 0.306 e. The maximum absolute atomic E-state index is 12.7.